The highest BCUT2D eigenvalue weighted by Crippen LogP contribution is 2.45. The minimum Gasteiger partial charge on any atom is -0.484 e. The fourth-order valence-electron chi connectivity index (χ4n) is 3.93. The SMILES string of the molecule is NC(=O)COc1ccc2c(c1)Cc1cccc(-c3cc(=O)cc(N4CCOCC4)o3)c1S2. The molecule has 0 saturated carbocycles. The predicted molar refractivity (Wildman–Crippen MR) is 122 cm³/mol. The summed E-state index contributed by atoms with van der Waals surface area (Å²) in [5.74, 6) is 1.25. The van der Waals surface area contributed by atoms with Gasteiger partial charge in [-0.2, -0.15) is 0 Å². The fourth-order valence-corrected chi connectivity index (χ4v) is 5.10. The lowest BCUT2D eigenvalue weighted by atomic mass is 10.0. The first-order chi connectivity index (χ1) is 15.6. The van der Waals surface area contributed by atoms with Crippen LogP contribution in [-0.2, 0) is 16.0 Å². The van der Waals surface area contributed by atoms with Gasteiger partial charge in [0.05, 0.1) is 13.2 Å². The molecule has 0 atom stereocenters. The molecule has 1 saturated heterocycles. The number of anilines is 1. The number of primary amides is 1. The number of morpholine rings is 1. The van der Waals surface area contributed by atoms with Gasteiger partial charge in [0, 0.05) is 40.6 Å². The van der Waals surface area contributed by atoms with Crippen molar-refractivity contribution < 1.29 is 18.7 Å². The topological polar surface area (TPSA) is 95.0 Å². The summed E-state index contributed by atoms with van der Waals surface area (Å²) >= 11 is 1.64. The normalized spacial score (nSPS) is 15.1. The third kappa shape index (κ3) is 4.24. The number of rotatable bonds is 5. The Labute approximate surface area is 189 Å². The standard InChI is InChI=1S/C24H22N2O5S/c25-22(28)14-30-18-4-5-21-16(11-18)10-15-2-1-3-19(24(15)32-21)20-12-17(27)13-23(31-20)26-6-8-29-9-7-26/h1-5,11-13H,6-10,14H2,(H2,25,28). The monoisotopic (exact) mass is 450 g/mol. The fraction of sp³-hybridized carbons (Fsp3) is 0.250. The molecule has 0 spiro atoms. The van der Waals surface area contributed by atoms with Gasteiger partial charge in [-0.3, -0.25) is 9.59 Å². The average molecular weight is 451 g/mol. The molecular weight excluding hydrogens is 428 g/mol. The van der Waals surface area contributed by atoms with Crippen molar-refractivity contribution in [3.63, 3.8) is 0 Å². The molecule has 3 heterocycles. The third-order valence-corrected chi connectivity index (χ3v) is 6.75. The molecule has 2 N–H and O–H groups in total. The van der Waals surface area contributed by atoms with E-state index in [2.05, 4.69) is 6.07 Å². The largest absolute Gasteiger partial charge is 0.484 e. The van der Waals surface area contributed by atoms with Crippen LogP contribution in [0, 0.1) is 0 Å². The van der Waals surface area contributed by atoms with E-state index < -0.39 is 5.91 Å². The van der Waals surface area contributed by atoms with Crippen LogP contribution in [0.1, 0.15) is 11.1 Å². The zero-order valence-corrected chi connectivity index (χ0v) is 18.2. The van der Waals surface area contributed by atoms with Gasteiger partial charge >= 0.3 is 0 Å². The minimum atomic E-state index is -0.507. The summed E-state index contributed by atoms with van der Waals surface area (Å²) in [6.07, 6.45) is 0.715. The molecule has 164 valence electrons. The van der Waals surface area contributed by atoms with Gasteiger partial charge in [0.2, 0.25) is 0 Å². The zero-order chi connectivity index (χ0) is 22.1. The number of nitrogens with zero attached hydrogens (tertiary/aromatic N) is 1. The second-order valence-electron chi connectivity index (χ2n) is 7.69. The van der Waals surface area contributed by atoms with Crippen molar-refractivity contribution in [3.8, 4) is 17.1 Å². The van der Waals surface area contributed by atoms with Gasteiger partial charge in [0.1, 0.15) is 11.5 Å². The Bertz CT molecular complexity index is 1230. The molecule has 2 aromatic carbocycles. The molecule has 3 aromatic rings. The first kappa shape index (κ1) is 20.7. The molecule has 32 heavy (non-hydrogen) atoms. The Hall–Kier alpha value is -3.23. The maximum atomic E-state index is 12.5. The molecule has 1 aromatic heterocycles. The van der Waals surface area contributed by atoms with Crippen molar-refractivity contribution in [1.29, 1.82) is 0 Å². The first-order valence-electron chi connectivity index (χ1n) is 10.4. The van der Waals surface area contributed by atoms with Gasteiger partial charge in [-0.15, -0.1) is 0 Å². The molecular formula is C24H22N2O5S. The first-order valence-corrected chi connectivity index (χ1v) is 11.2. The molecule has 0 radical (unpaired) electrons. The maximum Gasteiger partial charge on any atom is 0.255 e. The van der Waals surface area contributed by atoms with E-state index in [-0.39, 0.29) is 12.0 Å². The van der Waals surface area contributed by atoms with E-state index in [0.717, 1.165) is 26.5 Å². The predicted octanol–water partition coefficient (Wildman–Crippen LogP) is 3.06. The van der Waals surface area contributed by atoms with Crippen LogP contribution in [0.3, 0.4) is 0 Å². The molecule has 2 aliphatic heterocycles. The minimum absolute atomic E-state index is 0.0807. The highest BCUT2D eigenvalue weighted by molar-refractivity contribution is 7.99. The van der Waals surface area contributed by atoms with Crippen LogP contribution < -0.4 is 20.8 Å². The Balaban J connectivity index is 1.48. The summed E-state index contributed by atoms with van der Waals surface area (Å²) in [6, 6.07) is 14.9. The Morgan fingerprint density at radius 3 is 2.75 bits per heavy atom. The molecule has 7 nitrogen and oxygen atoms in total. The Morgan fingerprint density at radius 1 is 1.09 bits per heavy atom. The van der Waals surface area contributed by atoms with Gasteiger partial charge in [-0.1, -0.05) is 30.0 Å². The number of carbonyl (C=O) groups excluding carboxylic acids is 1. The lowest BCUT2D eigenvalue weighted by Gasteiger charge is -2.27. The van der Waals surface area contributed by atoms with E-state index in [9.17, 15) is 9.59 Å². The Kier molecular flexibility index (Phi) is 5.63. The molecule has 0 aliphatic carbocycles. The van der Waals surface area contributed by atoms with E-state index >= 15 is 0 Å². The van der Waals surface area contributed by atoms with Crippen molar-refractivity contribution >= 4 is 23.6 Å². The maximum absolute atomic E-state index is 12.5. The number of hydrogen-bond acceptors (Lipinski definition) is 7. The summed E-state index contributed by atoms with van der Waals surface area (Å²) in [4.78, 5) is 27.7. The van der Waals surface area contributed by atoms with Crippen LogP contribution in [-0.4, -0.2) is 38.8 Å². The van der Waals surface area contributed by atoms with Crippen molar-refractivity contribution in [2.45, 2.75) is 16.2 Å². The molecule has 0 unspecified atom stereocenters. The summed E-state index contributed by atoms with van der Waals surface area (Å²) < 4.78 is 17.1. The van der Waals surface area contributed by atoms with Crippen molar-refractivity contribution in [2.24, 2.45) is 5.73 Å². The van der Waals surface area contributed by atoms with Crippen molar-refractivity contribution in [1.82, 2.24) is 0 Å². The molecule has 1 fully saturated rings. The highest BCUT2D eigenvalue weighted by Gasteiger charge is 2.22. The smallest absolute Gasteiger partial charge is 0.255 e. The highest BCUT2D eigenvalue weighted by atomic mass is 32.2. The van der Waals surface area contributed by atoms with E-state index in [0.29, 0.717) is 50.1 Å². The van der Waals surface area contributed by atoms with E-state index in [1.807, 2.05) is 35.2 Å². The van der Waals surface area contributed by atoms with Crippen LogP contribution in [0.25, 0.3) is 11.3 Å². The number of carbonyl (C=O) groups is 1. The van der Waals surface area contributed by atoms with Crippen LogP contribution >= 0.6 is 11.8 Å². The summed E-state index contributed by atoms with van der Waals surface area (Å²) in [6.45, 7) is 2.48. The quantitative estimate of drug-likeness (QED) is 0.499. The van der Waals surface area contributed by atoms with Crippen LogP contribution in [0.2, 0.25) is 0 Å². The van der Waals surface area contributed by atoms with Gasteiger partial charge in [0.15, 0.2) is 17.9 Å². The second-order valence-corrected chi connectivity index (χ2v) is 8.74. The number of fused-ring (bicyclic) bond motifs is 2. The molecule has 5 rings (SSSR count). The van der Waals surface area contributed by atoms with E-state index in [1.54, 1.807) is 23.9 Å². The second kappa shape index (κ2) is 8.72. The number of nitrogens with two attached hydrogens (primary N) is 1. The van der Waals surface area contributed by atoms with Crippen LogP contribution in [0.5, 0.6) is 5.75 Å². The number of hydrogen-bond donors (Lipinski definition) is 1. The van der Waals surface area contributed by atoms with E-state index in [4.69, 9.17) is 19.6 Å². The Morgan fingerprint density at radius 2 is 1.94 bits per heavy atom. The zero-order valence-electron chi connectivity index (χ0n) is 17.3. The van der Waals surface area contributed by atoms with Crippen molar-refractivity contribution in [3.05, 3.63) is 69.9 Å². The lowest BCUT2D eigenvalue weighted by Crippen LogP contribution is -2.36. The average Bonchev–Trinajstić information content (AvgIpc) is 2.81. The number of benzene rings is 2. The summed E-state index contributed by atoms with van der Waals surface area (Å²) in [5.41, 5.74) is 8.26. The summed E-state index contributed by atoms with van der Waals surface area (Å²) in [7, 11) is 0. The van der Waals surface area contributed by atoms with Crippen LogP contribution in [0.15, 0.2) is 67.5 Å². The molecule has 1 amide bonds. The third-order valence-electron chi connectivity index (χ3n) is 5.44. The van der Waals surface area contributed by atoms with Gasteiger partial charge in [-0.05, 0) is 35.7 Å². The lowest BCUT2D eigenvalue weighted by molar-refractivity contribution is -0.119. The molecule has 8 heteroatoms. The molecule has 0 bridgehead atoms. The van der Waals surface area contributed by atoms with Gasteiger partial charge < -0.3 is 24.5 Å². The van der Waals surface area contributed by atoms with Gasteiger partial charge in [-0.25, -0.2) is 0 Å². The van der Waals surface area contributed by atoms with Crippen molar-refractivity contribution in [2.75, 3.05) is 37.8 Å². The van der Waals surface area contributed by atoms with Crippen LogP contribution in [0.4, 0.5) is 5.88 Å². The number of amides is 1. The van der Waals surface area contributed by atoms with Gasteiger partial charge in [0.25, 0.3) is 5.91 Å². The summed E-state index contributed by atoms with van der Waals surface area (Å²) in [5, 5.41) is 0. The molecule has 2 aliphatic rings. The van der Waals surface area contributed by atoms with E-state index in [1.165, 1.54) is 0 Å². The number of ether oxygens (including phenoxy) is 2.